The molecule has 108 valence electrons. The average molecular weight is 322 g/mol. The van der Waals surface area contributed by atoms with Crippen LogP contribution in [0, 0.1) is 10.1 Å². The van der Waals surface area contributed by atoms with Gasteiger partial charge in [-0.2, -0.15) is 0 Å². The van der Waals surface area contributed by atoms with E-state index in [4.69, 9.17) is 23.2 Å². The predicted octanol–water partition coefficient (Wildman–Crippen LogP) is 2.33. The van der Waals surface area contributed by atoms with Crippen LogP contribution in [0.4, 0.5) is 5.69 Å². The molecule has 0 amide bonds. The molecule has 0 aliphatic heterocycles. The quantitative estimate of drug-likeness (QED) is 0.365. The molecule has 1 aromatic carbocycles. The molecule has 1 rings (SSSR count). The van der Waals surface area contributed by atoms with Crippen molar-refractivity contribution in [2.24, 2.45) is 0 Å². The number of nitro groups is 1. The molecule has 0 aliphatic carbocycles. The average Bonchev–Trinajstić information content (AvgIpc) is 2.41. The third-order valence-electron chi connectivity index (χ3n) is 2.45. The number of ether oxygens (including phenoxy) is 2. The number of methoxy groups -OCH3 is 2. The molecular formula is C11H9Cl2NO6. The summed E-state index contributed by atoms with van der Waals surface area (Å²) >= 11 is 11.5. The highest BCUT2D eigenvalue weighted by atomic mass is 35.5. The number of rotatable bonds is 4. The summed E-state index contributed by atoms with van der Waals surface area (Å²) in [6.07, 6.45) is 0. The molecule has 1 aromatic rings. The molecule has 7 nitrogen and oxygen atoms in total. The highest BCUT2D eigenvalue weighted by Crippen LogP contribution is 2.35. The van der Waals surface area contributed by atoms with E-state index in [1.165, 1.54) is 0 Å². The molecule has 0 aliphatic rings. The second kappa shape index (κ2) is 6.53. The second-order valence-corrected chi connectivity index (χ2v) is 4.38. The Labute approximate surface area is 123 Å². The summed E-state index contributed by atoms with van der Waals surface area (Å²) in [5.74, 6) is -3.61. The number of halogens is 2. The van der Waals surface area contributed by atoms with E-state index in [2.05, 4.69) is 9.47 Å². The summed E-state index contributed by atoms with van der Waals surface area (Å²) in [4.78, 5) is 33.6. The van der Waals surface area contributed by atoms with Gasteiger partial charge in [0.2, 0.25) is 0 Å². The van der Waals surface area contributed by atoms with Crippen LogP contribution in [0.15, 0.2) is 12.1 Å². The molecule has 20 heavy (non-hydrogen) atoms. The van der Waals surface area contributed by atoms with Gasteiger partial charge in [0.15, 0.2) is 5.92 Å². The van der Waals surface area contributed by atoms with E-state index in [0.717, 1.165) is 26.4 Å². The Morgan fingerprint density at radius 3 is 2.00 bits per heavy atom. The molecule has 0 saturated heterocycles. The van der Waals surface area contributed by atoms with Crippen LogP contribution in [0.2, 0.25) is 10.0 Å². The number of benzene rings is 1. The summed E-state index contributed by atoms with van der Waals surface area (Å²) in [6.45, 7) is 0. The van der Waals surface area contributed by atoms with Crippen molar-refractivity contribution in [1.82, 2.24) is 0 Å². The van der Waals surface area contributed by atoms with Gasteiger partial charge >= 0.3 is 11.9 Å². The van der Waals surface area contributed by atoms with Gasteiger partial charge in [0.05, 0.1) is 34.8 Å². The number of carbonyl (C=O) groups excluding carboxylic acids is 2. The van der Waals surface area contributed by atoms with Gasteiger partial charge in [-0.15, -0.1) is 0 Å². The minimum absolute atomic E-state index is 0.0370. The van der Waals surface area contributed by atoms with Gasteiger partial charge in [-0.05, 0) is 6.07 Å². The van der Waals surface area contributed by atoms with Crippen molar-refractivity contribution in [2.45, 2.75) is 5.92 Å². The SMILES string of the molecule is COC(=O)C(C(=O)OC)c1cc(Cl)c(Cl)cc1[N+](=O)[O-]. The van der Waals surface area contributed by atoms with Crippen LogP contribution in [-0.2, 0) is 19.1 Å². The lowest BCUT2D eigenvalue weighted by atomic mass is 9.97. The minimum atomic E-state index is -1.61. The largest absolute Gasteiger partial charge is 0.468 e. The van der Waals surface area contributed by atoms with Crippen LogP contribution in [0.5, 0.6) is 0 Å². The molecule has 0 aromatic heterocycles. The van der Waals surface area contributed by atoms with Crippen molar-refractivity contribution >= 4 is 40.8 Å². The van der Waals surface area contributed by atoms with Crippen molar-refractivity contribution in [3.05, 3.63) is 37.9 Å². The molecule has 0 unspecified atom stereocenters. The second-order valence-electron chi connectivity index (χ2n) is 3.56. The van der Waals surface area contributed by atoms with E-state index in [1.54, 1.807) is 0 Å². The highest BCUT2D eigenvalue weighted by Gasteiger charge is 2.36. The molecule has 0 bridgehead atoms. The zero-order chi connectivity index (χ0) is 15.4. The maximum atomic E-state index is 11.7. The number of esters is 2. The monoisotopic (exact) mass is 321 g/mol. The Kier molecular flexibility index (Phi) is 5.29. The Morgan fingerprint density at radius 2 is 1.60 bits per heavy atom. The third-order valence-corrected chi connectivity index (χ3v) is 3.17. The summed E-state index contributed by atoms with van der Waals surface area (Å²) < 4.78 is 8.91. The van der Waals surface area contributed by atoms with E-state index in [9.17, 15) is 19.7 Å². The smallest absolute Gasteiger partial charge is 0.324 e. The van der Waals surface area contributed by atoms with Gasteiger partial charge in [0.25, 0.3) is 5.69 Å². The Bertz CT molecular complexity index is 558. The zero-order valence-corrected chi connectivity index (χ0v) is 11.9. The molecule has 0 saturated carbocycles. The third kappa shape index (κ3) is 3.17. The fourth-order valence-corrected chi connectivity index (χ4v) is 1.86. The first kappa shape index (κ1) is 16.2. The molecule has 0 fully saturated rings. The van der Waals surface area contributed by atoms with Gasteiger partial charge in [0.1, 0.15) is 0 Å². The number of nitrogens with zero attached hydrogens (tertiary/aromatic N) is 1. The molecule has 0 radical (unpaired) electrons. The molecule has 0 atom stereocenters. The first-order valence-electron chi connectivity index (χ1n) is 5.12. The van der Waals surface area contributed by atoms with E-state index >= 15 is 0 Å². The number of hydrogen-bond acceptors (Lipinski definition) is 6. The highest BCUT2D eigenvalue weighted by molar-refractivity contribution is 6.42. The molecule has 0 N–H and O–H groups in total. The molecule has 9 heteroatoms. The van der Waals surface area contributed by atoms with E-state index in [-0.39, 0.29) is 15.6 Å². The summed E-state index contributed by atoms with van der Waals surface area (Å²) in [5, 5.41) is 10.9. The van der Waals surface area contributed by atoms with Crippen molar-refractivity contribution in [3.63, 3.8) is 0 Å². The first-order valence-corrected chi connectivity index (χ1v) is 5.88. The lowest BCUT2D eigenvalue weighted by Crippen LogP contribution is -2.25. The van der Waals surface area contributed by atoms with E-state index in [1.807, 2.05) is 0 Å². The number of nitro benzene ring substituents is 1. The lowest BCUT2D eigenvalue weighted by Gasteiger charge is -2.13. The fraction of sp³-hybridized carbons (Fsp3) is 0.273. The Balaban J connectivity index is 3.54. The number of hydrogen-bond donors (Lipinski definition) is 0. The molecular weight excluding hydrogens is 313 g/mol. The summed E-state index contributed by atoms with van der Waals surface area (Å²) in [5.41, 5.74) is -0.775. The lowest BCUT2D eigenvalue weighted by molar-refractivity contribution is -0.385. The van der Waals surface area contributed by atoms with Gasteiger partial charge < -0.3 is 9.47 Å². The van der Waals surface area contributed by atoms with Crippen molar-refractivity contribution < 1.29 is 24.0 Å². The predicted molar refractivity (Wildman–Crippen MR) is 69.9 cm³/mol. The van der Waals surface area contributed by atoms with Gasteiger partial charge in [-0.25, -0.2) is 0 Å². The maximum Gasteiger partial charge on any atom is 0.324 e. The van der Waals surface area contributed by atoms with Crippen LogP contribution in [-0.4, -0.2) is 31.1 Å². The van der Waals surface area contributed by atoms with E-state index in [0.29, 0.717) is 0 Å². The summed E-state index contributed by atoms with van der Waals surface area (Å²) in [7, 11) is 2.09. The van der Waals surface area contributed by atoms with Crippen LogP contribution < -0.4 is 0 Å². The Morgan fingerprint density at radius 1 is 1.15 bits per heavy atom. The zero-order valence-electron chi connectivity index (χ0n) is 10.4. The minimum Gasteiger partial charge on any atom is -0.468 e. The standard InChI is InChI=1S/C11H9Cl2NO6/c1-19-10(15)9(11(16)20-2)5-3-6(12)7(13)4-8(5)14(17)18/h3-4,9H,1-2H3. The topological polar surface area (TPSA) is 95.7 Å². The number of carbonyl (C=O) groups is 2. The Hall–Kier alpha value is -1.86. The maximum absolute atomic E-state index is 11.7. The van der Waals surface area contributed by atoms with Gasteiger partial charge in [-0.3, -0.25) is 19.7 Å². The normalized spacial score (nSPS) is 10.2. The fourth-order valence-electron chi connectivity index (χ4n) is 1.53. The van der Waals surface area contributed by atoms with Crippen molar-refractivity contribution in [3.8, 4) is 0 Å². The van der Waals surface area contributed by atoms with Crippen LogP contribution in [0.1, 0.15) is 11.5 Å². The van der Waals surface area contributed by atoms with E-state index < -0.39 is 28.5 Å². The summed E-state index contributed by atoms with van der Waals surface area (Å²) in [6, 6.07) is 2.03. The van der Waals surface area contributed by atoms with Gasteiger partial charge in [0, 0.05) is 6.07 Å². The first-order chi connectivity index (χ1) is 9.33. The van der Waals surface area contributed by atoms with Crippen LogP contribution in [0.3, 0.4) is 0 Å². The van der Waals surface area contributed by atoms with Gasteiger partial charge in [-0.1, -0.05) is 23.2 Å². The van der Waals surface area contributed by atoms with Crippen molar-refractivity contribution in [1.29, 1.82) is 0 Å². The molecule has 0 spiro atoms. The van der Waals surface area contributed by atoms with Crippen LogP contribution >= 0.6 is 23.2 Å². The molecule has 0 heterocycles. The van der Waals surface area contributed by atoms with Crippen LogP contribution in [0.25, 0.3) is 0 Å². The van der Waals surface area contributed by atoms with Crippen molar-refractivity contribution in [2.75, 3.05) is 14.2 Å².